The van der Waals surface area contributed by atoms with E-state index in [1.165, 1.54) is 23.3 Å². The lowest BCUT2D eigenvalue weighted by Crippen LogP contribution is -2.48. The number of thiazole rings is 1. The molecule has 0 radical (unpaired) electrons. The van der Waals surface area contributed by atoms with Gasteiger partial charge >= 0.3 is 0 Å². The molecule has 0 bridgehead atoms. The summed E-state index contributed by atoms with van der Waals surface area (Å²) in [5.41, 5.74) is 7.32. The largest absolute Gasteiger partial charge is 0.368 e. The second-order valence-electron chi connectivity index (χ2n) is 9.14. The molecule has 7 heteroatoms. The quantitative estimate of drug-likeness (QED) is 0.319. The highest BCUT2D eigenvalue weighted by Crippen LogP contribution is 2.32. The van der Waals surface area contributed by atoms with E-state index >= 15 is 0 Å². The van der Waals surface area contributed by atoms with Gasteiger partial charge in [-0.2, -0.15) is 0 Å². The molecule has 176 valence electrons. The Balaban J connectivity index is 1.21. The Morgan fingerprint density at radius 1 is 0.943 bits per heavy atom. The summed E-state index contributed by atoms with van der Waals surface area (Å²) in [6, 6.07) is 18.9. The molecule has 5 nitrogen and oxygen atoms in total. The van der Waals surface area contributed by atoms with E-state index in [0.717, 1.165) is 45.2 Å². The molecule has 0 unspecified atom stereocenters. The van der Waals surface area contributed by atoms with E-state index in [4.69, 9.17) is 4.98 Å². The van der Waals surface area contributed by atoms with Crippen LogP contribution in [0.4, 0.5) is 10.1 Å². The van der Waals surface area contributed by atoms with E-state index in [0.29, 0.717) is 18.7 Å². The van der Waals surface area contributed by atoms with Crippen LogP contribution in [0.1, 0.15) is 21.5 Å². The minimum atomic E-state index is -0.236. The number of carbonyl (C=O) groups excluding carboxylic acids is 1. The van der Waals surface area contributed by atoms with Crippen LogP contribution in [0.25, 0.3) is 26.4 Å². The SMILES string of the molecule is Cc1ccc(-c2cn3c(n2)sc2cc(C(=O)N4CCN(c5ccc(F)cc5)CC4)ccc23)c(C)c1. The van der Waals surface area contributed by atoms with E-state index in [-0.39, 0.29) is 11.7 Å². The lowest BCUT2D eigenvalue weighted by Gasteiger charge is -2.36. The molecule has 3 heterocycles. The first kappa shape index (κ1) is 21.8. The number of nitrogens with zero attached hydrogens (tertiary/aromatic N) is 4. The molecule has 1 amide bonds. The van der Waals surface area contributed by atoms with Crippen molar-refractivity contribution < 1.29 is 9.18 Å². The zero-order valence-corrected chi connectivity index (χ0v) is 20.5. The van der Waals surface area contributed by atoms with Crippen LogP contribution in [-0.2, 0) is 0 Å². The number of anilines is 1. The first-order valence-electron chi connectivity index (χ1n) is 11.8. The van der Waals surface area contributed by atoms with Gasteiger partial charge in [0.1, 0.15) is 5.82 Å². The van der Waals surface area contributed by atoms with Crippen LogP contribution in [0, 0.1) is 19.7 Å². The second kappa shape index (κ2) is 8.50. The summed E-state index contributed by atoms with van der Waals surface area (Å²) in [6.45, 7) is 6.95. The fourth-order valence-corrected chi connectivity index (χ4v) is 5.91. The highest BCUT2D eigenvalue weighted by atomic mass is 32.1. The molecular formula is C28H25FN4OS. The number of rotatable bonds is 3. The molecular weight excluding hydrogens is 459 g/mol. The third kappa shape index (κ3) is 3.96. The number of aromatic nitrogens is 2. The van der Waals surface area contributed by atoms with Gasteiger partial charge in [-0.05, 0) is 61.9 Å². The van der Waals surface area contributed by atoms with Crippen LogP contribution < -0.4 is 4.90 Å². The Morgan fingerprint density at radius 2 is 1.71 bits per heavy atom. The third-order valence-corrected chi connectivity index (χ3v) is 7.78. The molecule has 1 fully saturated rings. The first-order chi connectivity index (χ1) is 17.0. The Kier molecular flexibility index (Phi) is 5.29. The van der Waals surface area contributed by atoms with Gasteiger partial charge < -0.3 is 9.80 Å². The van der Waals surface area contributed by atoms with Crippen molar-refractivity contribution in [3.63, 3.8) is 0 Å². The predicted molar refractivity (Wildman–Crippen MR) is 140 cm³/mol. The average Bonchev–Trinajstić information content (AvgIpc) is 3.42. The number of benzene rings is 3. The lowest BCUT2D eigenvalue weighted by atomic mass is 10.0. The summed E-state index contributed by atoms with van der Waals surface area (Å²) in [7, 11) is 0. The molecule has 0 aliphatic carbocycles. The van der Waals surface area contributed by atoms with Crippen molar-refractivity contribution in [3.8, 4) is 11.3 Å². The lowest BCUT2D eigenvalue weighted by molar-refractivity contribution is 0.0747. The molecule has 1 aliphatic heterocycles. The molecule has 0 spiro atoms. The zero-order valence-electron chi connectivity index (χ0n) is 19.7. The third-order valence-electron chi connectivity index (χ3n) is 6.76. The van der Waals surface area contributed by atoms with Crippen molar-refractivity contribution in [2.75, 3.05) is 31.1 Å². The van der Waals surface area contributed by atoms with Gasteiger partial charge in [-0.1, -0.05) is 35.1 Å². The molecule has 0 atom stereocenters. The topological polar surface area (TPSA) is 40.9 Å². The fraction of sp³-hybridized carbons (Fsp3) is 0.214. The van der Waals surface area contributed by atoms with Crippen LogP contribution in [0.2, 0.25) is 0 Å². The number of carbonyl (C=O) groups is 1. The highest BCUT2D eigenvalue weighted by Gasteiger charge is 2.23. The molecule has 3 aromatic carbocycles. The van der Waals surface area contributed by atoms with Crippen molar-refractivity contribution >= 4 is 38.1 Å². The maximum Gasteiger partial charge on any atom is 0.254 e. The molecule has 2 aromatic heterocycles. The van der Waals surface area contributed by atoms with E-state index in [1.54, 1.807) is 23.5 Å². The number of aryl methyl sites for hydroxylation is 2. The smallest absolute Gasteiger partial charge is 0.254 e. The number of hydrogen-bond acceptors (Lipinski definition) is 4. The first-order valence-corrected chi connectivity index (χ1v) is 12.6. The van der Waals surface area contributed by atoms with Gasteiger partial charge in [-0.25, -0.2) is 9.37 Å². The van der Waals surface area contributed by atoms with E-state index in [2.05, 4.69) is 47.5 Å². The van der Waals surface area contributed by atoms with Crippen molar-refractivity contribution in [2.24, 2.45) is 0 Å². The molecule has 6 rings (SSSR count). The van der Waals surface area contributed by atoms with Gasteiger partial charge in [-0.15, -0.1) is 0 Å². The van der Waals surface area contributed by atoms with Gasteiger partial charge in [0.2, 0.25) is 0 Å². The van der Waals surface area contributed by atoms with E-state index < -0.39 is 0 Å². The summed E-state index contributed by atoms with van der Waals surface area (Å²) < 4.78 is 16.4. The number of piperazine rings is 1. The van der Waals surface area contributed by atoms with Gasteiger partial charge in [0, 0.05) is 49.2 Å². The normalized spacial score (nSPS) is 14.3. The van der Waals surface area contributed by atoms with Crippen molar-refractivity contribution in [3.05, 3.63) is 89.4 Å². The van der Waals surface area contributed by atoms with Crippen molar-refractivity contribution in [1.82, 2.24) is 14.3 Å². The molecule has 1 aliphatic rings. The van der Waals surface area contributed by atoms with E-state index in [9.17, 15) is 9.18 Å². The average molecular weight is 485 g/mol. The van der Waals surface area contributed by atoms with Crippen LogP contribution >= 0.6 is 11.3 Å². The van der Waals surface area contributed by atoms with Crippen LogP contribution in [0.15, 0.2) is 66.9 Å². The zero-order chi connectivity index (χ0) is 24.1. The van der Waals surface area contributed by atoms with Gasteiger partial charge in [0.05, 0.1) is 15.9 Å². The summed E-state index contributed by atoms with van der Waals surface area (Å²) in [6.07, 6.45) is 2.09. The Morgan fingerprint density at radius 3 is 2.46 bits per heavy atom. The van der Waals surface area contributed by atoms with Crippen LogP contribution in [0.5, 0.6) is 0 Å². The number of amides is 1. The number of fused-ring (bicyclic) bond motifs is 3. The van der Waals surface area contributed by atoms with Gasteiger partial charge in [0.25, 0.3) is 5.91 Å². The Bertz CT molecular complexity index is 1560. The van der Waals surface area contributed by atoms with Gasteiger partial charge in [-0.3, -0.25) is 9.20 Å². The summed E-state index contributed by atoms with van der Waals surface area (Å²) in [5.74, 6) is -0.187. The Hall–Kier alpha value is -3.71. The maximum absolute atomic E-state index is 13.2. The summed E-state index contributed by atoms with van der Waals surface area (Å²) in [4.78, 5) is 23.1. The van der Waals surface area contributed by atoms with Crippen molar-refractivity contribution in [1.29, 1.82) is 0 Å². The Labute approximate surface area is 207 Å². The highest BCUT2D eigenvalue weighted by molar-refractivity contribution is 7.23. The fourth-order valence-electron chi connectivity index (χ4n) is 4.87. The van der Waals surface area contributed by atoms with Crippen molar-refractivity contribution in [2.45, 2.75) is 13.8 Å². The van der Waals surface area contributed by atoms with E-state index in [1.807, 2.05) is 23.1 Å². The minimum absolute atomic E-state index is 0.0488. The predicted octanol–water partition coefficient (Wildman–Crippen LogP) is 5.93. The van der Waals surface area contributed by atoms with Gasteiger partial charge in [0.15, 0.2) is 4.96 Å². The standard InChI is InChI=1S/C28H25FN4OS/c1-18-3-9-23(19(2)15-18)24-17-33-25-10-4-20(16-26(25)35-28(33)30-24)27(34)32-13-11-31(12-14-32)22-7-5-21(29)6-8-22/h3-10,15-17H,11-14H2,1-2H3. The minimum Gasteiger partial charge on any atom is -0.368 e. The van der Waals surface area contributed by atoms with Crippen LogP contribution in [0.3, 0.4) is 0 Å². The second-order valence-corrected chi connectivity index (χ2v) is 10.1. The monoisotopic (exact) mass is 484 g/mol. The number of imidazole rings is 1. The molecule has 35 heavy (non-hydrogen) atoms. The molecule has 0 N–H and O–H groups in total. The molecule has 5 aromatic rings. The number of hydrogen-bond donors (Lipinski definition) is 0. The summed E-state index contributed by atoms with van der Waals surface area (Å²) in [5, 5.41) is 0. The van der Waals surface area contributed by atoms with Crippen LogP contribution in [-0.4, -0.2) is 46.4 Å². The summed E-state index contributed by atoms with van der Waals surface area (Å²) >= 11 is 1.61. The maximum atomic E-state index is 13.2. The molecule has 1 saturated heterocycles. The number of halogens is 1. The molecule has 0 saturated carbocycles.